The highest BCUT2D eigenvalue weighted by molar-refractivity contribution is 5.89. The first-order valence-corrected chi connectivity index (χ1v) is 9.50. The number of rotatable bonds is 6. The van der Waals surface area contributed by atoms with Gasteiger partial charge in [0.15, 0.2) is 0 Å². The number of fused-ring (bicyclic) bond motifs is 2. The Kier molecular flexibility index (Phi) is 5.40. The molecule has 0 aliphatic rings. The molecule has 4 aromatic carbocycles. The normalized spacial score (nSPS) is 10.6. The van der Waals surface area contributed by atoms with Gasteiger partial charge in [0.25, 0.3) is 0 Å². The van der Waals surface area contributed by atoms with Gasteiger partial charge in [0, 0.05) is 12.1 Å². The maximum atomic E-state index is 11.8. The molecule has 1 N–H and O–H groups in total. The van der Waals surface area contributed by atoms with Crippen molar-refractivity contribution < 1.29 is 9.53 Å². The van der Waals surface area contributed by atoms with Crippen LogP contribution < -0.4 is 10.1 Å². The molecule has 0 fully saturated rings. The first-order valence-electron chi connectivity index (χ1n) is 9.50. The molecule has 4 nitrogen and oxygen atoms in total. The Morgan fingerprint density at radius 2 is 1.55 bits per heavy atom. The highest BCUT2D eigenvalue weighted by Crippen LogP contribution is 2.29. The molecule has 0 aliphatic heterocycles. The number of hydrogen-bond acceptors (Lipinski definition) is 3. The third kappa shape index (κ3) is 4.04. The third-order valence-corrected chi connectivity index (χ3v) is 4.96. The van der Waals surface area contributed by atoms with Gasteiger partial charge in [-0.15, -0.1) is 0 Å². The zero-order valence-corrected chi connectivity index (χ0v) is 15.9. The van der Waals surface area contributed by atoms with Crippen molar-refractivity contribution in [2.24, 2.45) is 0 Å². The van der Waals surface area contributed by atoms with Gasteiger partial charge in [-0.25, -0.2) is 0 Å². The summed E-state index contributed by atoms with van der Waals surface area (Å²) < 4.78 is 6.22. The van der Waals surface area contributed by atoms with Gasteiger partial charge in [-0.1, -0.05) is 72.8 Å². The van der Waals surface area contributed by atoms with Gasteiger partial charge in [0.1, 0.15) is 18.8 Å². The second-order valence-electron chi connectivity index (χ2n) is 6.80. The number of nitrogens with zero attached hydrogens (tertiary/aromatic N) is 1. The standard InChI is InChI=1S/C25H20N2O2/c26-15-14-25(28)27-16-23-22-11-4-2-7-19(22)12-13-24(23)29-17-20-9-5-8-18-6-1-3-10-21(18)20/h1-13H,14,16-17H2,(H,27,28). The predicted octanol–water partition coefficient (Wildman–Crippen LogP) is 5.10. The van der Waals surface area contributed by atoms with E-state index in [1.54, 1.807) is 0 Å². The summed E-state index contributed by atoms with van der Waals surface area (Å²) in [5.74, 6) is 0.439. The molecule has 0 aliphatic carbocycles. The summed E-state index contributed by atoms with van der Waals surface area (Å²) in [5, 5.41) is 16.0. The summed E-state index contributed by atoms with van der Waals surface area (Å²) in [6.45, 7) is 0.742. The van der Waals surface area contributed by atoms with Crippen molar-refractivity contribution in [3.8, 4) is 11.8 Å². The van der Waals surface area contributed by atoms with Crippen LogP contribution in [0.5, 0.6) is 5.75 Å². The highest BCUT2D eigenvalue weighted by atomic mass is 16.5. The van der Waals surface area contributed by atoms with Crippen molar-refractivity contribution in [2.75, 3.05) is 0 Å². The van der Waals surface area contributed by atoms with E-state index in [1.807, 2.05) is 60.7 Å². The summed E-state index contributed by atoms with van der Waals surface area (Å²) in [5.41, 5.74) is 2.02. The second-order valence-corrected chi connectivity index (χ2v) is 6.80. The van der Waals surface area contributed by atoms with Crippen LogP contribution in [-0.2, 0) is 17.9 Å². The van der Waals surface area contributed by atoms with E-state index in [2.05, 4.69) is 29.6 Å². The monoisotopic (exact) mass is 380 g/mol. The molecule has 0 atom stereocenters. The summed E-state index contributed by atoms with van der Waals surface area (Å²) in [7, 11) is 0. The fourth-order valence-electron chi connectivity index (χ4n) is 3.53. The lowest BCUT2D eigenvalue weighted by atomic mass is 10.0. The number of nitriles is 1. The topological polar surface area (TPSA) is 62.1 Å². The average molecular weight is 380 g/mol. The van der Waals surface area contributed by atoms with E-state index < -0.39 is 0 Å². The molecule has 29 heavy (non-hydrogen) atoms. The molecule has 0 saturated heterocycles. The van der Waals surface area contributed by atoms with Crippen LogP contribution >= 0.6 is 0 Å². The van der Waals surface area contributed by atoms with Crippen molar-refractivity contribution >= 4 is 27.5 Å². The molecule has 0 radical (unpaired) electrons. The van der Waals surface area contributed by atoms with Crippen LogP contribution in [0.3, 0.4) is 0 Å². The number of hydrogen-bond donors (Lipinski definition) is 1. The molecular weight excluding hydrogens is 360 g/mol. The van der Waals surface area contributed by atoms with Crippen LogP contribution in [0.4, 0.5) is 0 Å². The Bertz CT molecular complexity index is 1220. The van der Waals surface area contributed by atoms with E-state index in [-0.39, 0.29) is 12.3 Å². The van der Waals surface area contributed by atoms with Crippen LogP contribution in [0, 0.1) is 11.3 Å². The molecule has 0 spiro atoms. The van der Waals surface area contributed by atoms with Gasteiger partial charge in [0.05, 0.1) is 6.07 Å². The van der Waals surface area contributed by atoms with Crippen LogP contribution in [0.2, 0.25) is 0 Å². The van der Waals surface area contributed by atoms with Gasteiger partial charge in [-0.3, -0.25) is 4.79 Å². The quantitative estimate of drug-likeness (QED) is 0.506. The number of carbonyl (C=O) groups excluding carboxylic acids is 1. The van der Waals surface area contributed by atoms with E-state index in [0.29, 0.717) is 13.2 Å². The molecule has 4 rings (SSSR count). The molecule has 0 bridgehead atoms. The average Bonchev–Trinajstić information content (AvgIpc) is 2.76. The number of ether oxygens (including phenoxy) is 1. The first-order chi connectivity index (χ1) is 14.3. The molecule has 142 valence electrons. The van der Waals surface area contributed by atoms with Gasteiger partial charge >= 0.3 is 0 Å². The summed E-state index contributed by atoms with van der Waals surface area (Å²) in [6.07, 6.45) is -0.156. The maximum absolute atomic E-state index is 11.8. The fraction of sp³-hybridized carbons (Fsp3) is 0.120. The Labute approximate surface area is 169 Å². The lowest BCUT2D eigenvalue weighted by Gasteiger charge is -2.16. The Morgan fingerprint density at radius 1 is 0.862 bits per heavy atom. The fourth-order valence-corrected chi connectivity index (χ4v) is 3.53. The summed E-state index contributed by atoms with van der Waals surface area (Å²) in [6, 6.07) is 28.3. The lowest BCUT2D eigenvalue weighted by molar-refractivity contribution is -0.120. The minimum atomic E-state index is -0.291. The molecule has 0 aromatic heterocycles. The Morgan fingerprint density at radius 3 is 2.34 bits per heavy atom. The molecule has 0 heterocycles. The molecule has 4 heteroatoms. The van der Waals surface area contributed by atoms with Crippen molar-refractivity contribution in [1.82, 2.24) is 5.32 Å². The molecular formula is C25H20N2O2. The van der Waals surface area contributed by atoms with Crippen molar-refractivity contribution in [1.29, 1.82) is 5.26 Å². The van der Waals surface area contributed by atoms with E-state index in [9.17, 15) is 4.79 Å². The van der Waals surface area contributed by atoms with Gasteiger partial charge in [-0.05, 0) is 33.2 Å². The second kappa shape index (κ2) is 8.45. The van der Waals surface area contributed by atoms with E-state index in [1.165, 1.54) is 10.8 Å². The van der Waals surface area contributed by atoms with Crippen molar-refractivity contribution in [3.63, 3.8) is 0 Å². The minimum absolute atomic E-state index is 0.156. The zero-order chi connectivity index (χ0) is 20.1. The minimum Gasteiger partial charge on any atom is -0.489 e. The molecule has 4 aromatic rings. The molecule has 1 amide bonds. The lowest BCUT2D eigenvalue weighted by Crippen LogP contribution is -2.22. The van der Waals surface area contributed by atoms with Gasteiger partial charge in [-0.2, -0.15) is 5.26 Å². The number of amides is 1. The predicted molar refractivity (Wildman–Crippen MR) is 114 cm³/mol. The van der Waals surface area contributed by atoms with E-state index in [4.69, 9.17) is 10.00 Å². The van der Waals surface area contributed by atoms with Gasteiger partial charge < -0.3 is 10.1 Å². The first kappa shape index (κ1) is 18.5. The number of carbonyl (C=O) groups is 1. The molecule has 0 saturated carbocycles. The Hall–Kier alpha value is -3.84. The van der Waals surface area contributed by atoms with Gasteiger partial charge in [0.2, 0.25) is 5.91 Å². The highest BCUT2D eigenvalue weighted by Gasteiger charge is 2.11. The SMILES string of the molecule is N#CCC(=O)NCc1c(OCc2cccc3ccccc23)ccc2ccccc12. The maximum Gasteiger partial charge on any atom is 0.234 e. The third-order valence-electron chi connectivity index (χ3n) is 4.96. The number of nitrogens with one attached hydrogen (secondary N) is 1. The number of benzene rings is 4. The molecule has 0 unspecified atom stereocenters. The summed E-state index contributed by atoms with van der Waals surface area (Å²) in [4.78, 5) is 11.8. The van der Waals surface area contributed by atoms with Crippen molar-refractivity contribution in [2.45, 2.75) is 19.6 Å². The van der Waals surface area contributed by atoms with Crippen LogP contribution in [-0.4, -0.2) is 5.91 Å². The van der Waals surface area contributed by atoms with Crippen LogP contribution in [0.15, 0.2) is 78.9 Å². The summed E-state index contributed by atoms with van der Waals surface area (Å²) >= 11 is 0. The largest absolute Gasteiger partial charge is 0.489 e. The zero-order valence-electron chi connectivity index (χ0n) is 15.9. The van der Waals surface area contributed by atoms with Crippen LogP contribution in [0.25, 0.3) is 21.5 Å². The van der Waals surface area contributed by atoms with Crippen molar-refractivity contribution in [3.05, 3.63) is 90.0 Å². The Balaban J connectivity index is 1.65. The van der Waals surface area contributed by atoms with E-state index >= 15 is 0 Å². The smallest absolute Gasteiger partial charge is 0.234 e. The van der Waals surface area contributed by atoms with E-state index in [0.717, 1.165) is 27.6 Å². The van der Waals surface area contributed by atoms with Crippen LogP contribution in [0.1, 0.15) is 17.5 Å².